The number of carbonyl (C=O) groups excluding carboxylic acids is 1. The molecule has 5 nitrogen and oxygen atoms in total. The van der Waals surface area contributed by atoms with E-state index in [1.807, 2.05) is 0 Å². The Kier molecular flexibility index (Phi) is 4.23. The molecular weight excluding hydrogens is 292 g/mol. The first-order valence-corrected chi connectivity index (χ1v) is 6.52. The van der Waals surface area contributed by atoms with E-state index in [9.17, 15) is 9.90 Å². The summed E-state index contributed by atoms with van der Waals surface area (Å²) >= 11 is 5.93. The summed E-state index contributed by atoms with van der Waals surface area (Å²) in [6.07, 6.45) is 0. The third-order valence-electron chi connectivity index (χ3n) is 3.09. The van der Waals surface area contributed by atoms with Crippen molar-refractivity contribution in [2.24, 2.45) is 0 Å². The molecule has 0 spiro atoms. The minimum absolute atomic E-state index is 0.122. The number of nitrogens with zero attached hydrogens (tertiary/aromatic N) is 1. The van der Waals surface area contributed by atoms with Crippen LogP contribution in [0.3, 0.4) is 0 Å². The van der Waals surface area contributed by atoms with Gasteiger partial charge in [-0.1, -0.05) is 11.6 Å². The fourth-order valence-corrected chi connectivity index (χ4v) is 2.08. The number of hydrogen-bond donors (Lipinski definition) is 2. The van der Waals surface area contributed by atoms with Crippen molar-refractivity contribution in [3.8, 4) is 11.5 Å². The molecule has 6 heteroatoms. The third-order valence-corrected chi connectivity index (χ3v) is 3.33. The third kappa shape index (κ3) is 3.03. The number of carbonyl (C=O) groups is 1. The highest BCUT2D eigenvalue weighted by Crippen LogP contribution is 2.30. The van der Waals surface area contributed by atoms with Gasteiger partial charge in [-0.3, -0.25) is 4.79 Å². The molecule has 2 aromatic rings. The van der Waals surface area contributed by atoms with Crippen molar-refractivity contribution in [3.63, 3.8) is 0 Å². The monoisotopic (exact) mass is 306 g/mol. The molecule has 0 heterocycles. The molecule has 0 radical (unpaired) electrons. The largest absolute Gasteiger partial charge is 0.507 e. The number of hydrogen-bond acceptors (Lipinski definition) is 4. The summed E-state index contributed by atoms with van der Waals surface area (Å²) in [6.45, 7) is 0. The SMILES string of the molecule is COc1ccc(O)c(C(=O)N(C)c2cc(Cl)ccc2N)c1. The van der Waals surface area contributed by atoms with Crippen LogP contribution < -0.4 is 15.4 Å². The van der Waals surface area contributed by atoms with E-state index in [1.54, 1.807) is 31.3 Å². The van der Waals surface area contributed by atoms with E-state index in [4.69, 9.17) is 22.1 Å². The Balaban J connectivity index is 2.41. The van der Waals surface area contributed by atoms with E-state index in [-0.39, 0.29) is 11.3 Å². The first-order chi connectivity index (χ1) is 9.93. The van der Waals surface area contributed by atoms with Crippen LogP contribution in [0.1, 0.15) is 10.4 Å². The van der Waals surface area contributed by atoms with Gasteiger partial charge in [0.25, 0.3) is 5.91 Å². The Labute approximate surface area is 127 Å². The Morgan fingerprint density at radius 1 is 1.29 bits per heavy atom. The van der Waals surface area contributed by atoms with Crippen LogP contribution in [-0.4, -0.2) is 25.2 Å². The number of aromatic hydroxyl groups is 1. The Morgan fingerprint density at radius 3 is 2.67 bits per heavy atom. The van der Waals surface area contributed by atoms with Gasteiger partial charge in [-0.25, -0.2) is 0 Å². The van der Waals surface area contributed by atoms with E-state index in [0.29, 0.717) is 22.1 Å². The molecule has 0 saturated heterocycles. The number of phenols is 1. The van der Waals surface area contributed by atoms with Crippen LogP contribution in [0.25, 0.3) is 0 Å². The fraction of sp³-hybridized carbons (Fsp3) is 0.133. The molecule has 0 saturated carbocycles. The van der Waals surface area contributed by atoms with Crippen molar-refractivity contribution < 1.29 is 14.6 Å². The number of ether oxygens (including phenoxy) is 1. The van der Waals surface area contributed by atoms with E-state index >= 15 is 0 Å². The van der Waals surface area contributed by atoms with Gasteiger partial charge in [0.2, 0.25) is 0 Å². The Hall–Kier alpha value is -2.40. The highest BCUT2D eigenvalue weighted by molar-refractivity contribution is 6.31. The lowest BCUT2D eigenvalue weighted by atomic mass is 10.1. The molecular formula is C15H15ClN2O3. The second-order valence-corrected chi connectivity index (χ2v) is 4.89. The van der Waals surface area contributed by atoms with Gasteiger partial charge in [-0.15, -0.1) is 0 Å². The molecule has 0 bridgehead atoms. The Morgan fingerprint density at radius 2 is 2.00 bits per heavy atom. The van der Waals surface area contributed by atoms with Crippen molar-refractivity contribution >= 4 is 28.9 Å². The normalized spacial score (nSPS) is 10.2. The Bertz CT molecular complexity index is 689. The van der Waals surface area contributed by atoms with E-state index in [2.05, 4.69) is 0 Å². The van der Waals surface area contributed by atoms with Crippen molar-refractivity contribution in [3.05, 3.63) is 47.0 Å². The van der Waals surface area contributed by atoms with Gasteiger partial charge >= 0.3 is 0 Å². The summed E-state index contributed by atoms with van der Waals surface area (Å²) in [4.78, 5) is 13.8. The van der Waals surface area contributed by atoms with Crippen molar-refractivity contribution in [2.75, 3.05) is 24.8 Å². The molecule has 0 aromatic heterocycles. The molecule has 0 aliphatic carbocycles. The second-order valence-electron chi connectivity index (χ2n) is 4.45. The molecule has 2 aromatic carbocycles. The van der Waals surface area contributed by atoms with Gasteiger partial charge in [0.15, 0.2) is 0 Å². The van der Waals surface area contributed by atoms with Crippen LogP contribution in [0.15, 0.2) is 36.4 Å². The van der Waals surface area contributed by atoms with Crippen LogP contribution in [0.5, 0.6) is 11.5 Å². The molecule has 0 aliphatic rings. The number of phenolic OH excluding ortho intramolecular Hbond substituents is 1. The van der Waals surface area contributed by atoms with Gasteiger partial charge < -0.3 is 20.5 Å². The number of nitrogen functional groups attached to an aromatic ring is 1. The topological polar surface area (TPSA) is 75.8 Å². The zero-order valence-corrected chi connectivity index (χ0v) is 12.4. The average Bonchev–Trinajstić information content (AvgIpc) is 2.49. The average molecular weight is 307 g/mol. The van der Waals surface area contributed by atoms with Crippen LogP contribution in [0.2, 0.25) is 5.02 Å². The summed E-state index contributed by atoms with van der Waals surface area (Å²) in [5.41, 5.74) is 6.86. The minimum atomic E-state index is -0.416. The molecule has 1 amide bonds. The number of anilines is 2. The molecule has 21 heavy (non-hydrogen) atoms. The van der Waals surface area contributed by atoms with Crippen LogP contribution in [0, 0.1) is 0 Å². The summed E-state index contributed by atoms with van der Waals surface area (Å²) < 4.78 is 5.06. The summed E-state index contributed by atoms with van der Waals surface area (Å²) in [5.74, 6) is -0.0720. The maximum absolute atomic E-state index is 12.5. The smallest absolute Gasteiger partial charge is 0.261 e. The summed E-state index contributed by atoms with van der Waals surface area (Å²) in [7, 11) is 3.04. The van der Waals surface area contributed by atoms with E-state index < -0.39 is 5.91 Å². The van der Waals surface area contributed by atoms with Crippen LogP contribution in [-0.2, 0) is 0 Å². The van der Waals surface area contributed by atoms with Crippen LogP contribution >= 0.6 is 11.6 Å². The van der Waals surface area contributed by atoms with E-state index in [0.717, 1.165) is 0 Å². The molecule has 0 atom stereocenters. The van der Waals surface area contributed by atoms with Crippen molar-refractivity contribution in [2.45, 2.75) is 0 Å². The molecule has 0 unspecified atom stereocenters. The lowest BCUT2D eigenvalue weighted by Gasteiger charge is -2.20. The van der Waals surface area contributed by atoms with E-state index in [1.165, 1.54) is 24.1 Å². The highest BCUT2D eigenvalue weighted by Gasteiger charge is 2.19. The van der Waals surface area contributed by atoms with Crippen molar-refractivity contribution in [1.29, 1.82) is 0 Å². The summed E-state index contributed by atoms with van der Waals surface area (Å²) in [5, 5.41) is 10.3. The minimum Gasteiger partial charge on any atom is -0.507 e. The van der Waals surface area contributed by atoms with Crippen molar-refractivity contribution in [1.82, 2.24) is 0 Å². The number of rotatable bonds is 3. The second kappa shape index (κ2) is 5.93. The van der Waals surface area contributed by atoms with Gasteiger partial charge in [0, 0.05) is 12.1 Å². The molecule has 110 valence electrons. The number of methoxy groups -OCH3 is 1. The first-order valence-electron chi connectivity index (χ1n) is 6.14. The maximum atomic E-state index is 12.5. The standard InChI is InChI=1S/C15H15ClN2O3/c1-18(13-7-9(16)3-5-12(13)17)15(20)11-8-10(21-2)4-6-14(11)19/h3-8,19H,17H2,1-2H3. The van der Waals surface area contributed by atoms with Gasteiger partial charge in [0.05, 0.1) is 24.0 Å². The fourth-order valence-electron chi connectivity index (χ4n) is 1.91. The molecule has 2 rings (SSSR count). The zero-order valence-electron chi connectivity index (χ0n) is 11.6. The van der Waals surface area contributed by atoms with Gasteiger partial charge in [-0.05, 0) is 36.4 Å². The van der Waals surface area contributed by atoms with Gasteiger partial charge in [-0.2, -0.15) is 0 Å². The molecule has 0 fully saturated rings. The quantitative estimate of drug-likeness (QED) is 0.855. The number of halogens is 1. The highest BCUT2D eigenvalue weighted by atomic mass is 35.5. The van der Waals surface area contributed by atoms with Gasteiger partial charge in [0.1, 0.15) is 11.5 Å². The van der Waals surface area contributed by atoms with Crippen LogP contribution in [0.4, 0.5) is 11.4 Å². The summed E-state index contributed by atoms with van der Waals surface area (Å²) in [6, 6.07) is 9.29. The lowest BCUT2D eigenvalue weighted by Crippen LogP contribution is -2.27. The number of nitrogens with two attached hydrogens (primary N) is 1. The predicted octanol–water partition coefficient (Wildman–Crippen LogP) is 2.91. The number of amides is 1. The first kappa shape index (κ1) is 15.0. The maximum Gasteiger partial charge on any atom is 0.261 e. The zero-order chi connectivity index (χ0) is 15.6. The predicted molar refractivity (Wildman–Crippen MR) is 83.3 cm³/mol. The molecule has 0 aliphatic heterocycles. The molecule has 3 N–H and O–H groups in total. The number of benzene rings is 2. The lowest BCUT2D eigenvalue weighted by molar-refractivity contribution is 0.0990.